The van der Waals surface area contributed by atoms with Gasteiger partial charge >= 0.3 is 5.97 Å². The average molecular weight is 273 g/mol. The number of carbonyl (C=O) groups excluding carboxylic acids is 2. The van der Waals surface area contributed by atoms with Crippen molar-refractivity contribution in [2.24, 2.45) is 5.92 Å². The van der Waals surface area contributed by atoms with Gasteiger partial charge in [-0.25, -0.2) is 4.39 Å². The molecule has 98 valence electrons. The molecule has 0 heterocycles. The molecule has 0 saturated carbocycles. The van der Waals surface area contributed by atoms with Crippen molar-refractivity contribution in [3.8, 4) is 0 Å². The summed E-state index contributed by atoms with van der Waals surface area (Å²) in [5, 5.41) is 0.200. The summed E-state index contributed by atoms with van der Waals surface area (Å²) in [5.41, 5.74) is 0.160. The molecule has 0 N–H and O–H groups in total. The fourth-order valence-corrected chi connectivity index (χ4v) is 1.81. The maximum atomic E-state index is 13.6. The van der Waals surface area contributed by atoms with Gasteiger partial charge in [-0.1, -0.05) is 17.7 Å². The van der Waals surface area contributed by atoms with E-state index in [0.717, 1.165) is 0 Å². The maximum Gasteiger partial charge on any atom is 0.316 e. The second kappa shape index (κ2) is 6.50. The van der Waals surface area contributed by atoms with E-state index in [9.17, 15) is 14.0 Å². The molecule has 0 saturated heterocycles. The molecule has 0 spiro atoms. The fourth-order valence-electron chi connectivity index (χ4n) is 1.57. The molecule has 0 fully saturated rings. The number of Topliss-reactive ketones (excluding diaryl/α,β-unsaturated/α-hetero) is 1. The third-order valence-corrected chi connectivity index (χ3v) is 2.89. The second-order valence-corrected chi connectivity index (χ2v) is 4.23. The first-order valence-electron chi connectivity index (χ1n) is 5.57. The summed E-state index contributed by atoms with van der Waals surface area (Å²) in [7, 11) is 0. The zero-order valence-corrected chi connectivity index (χ0v) is 11.0. The van der Waals surface area contributed by atoms with Crippen molar-refractivity contribution in [1.82, 2.24) is 0 Å². The standard InChI is InChI=1S/C13H14ClFO3/c1-3-18-13(17)9(8(2)16)7-10-11(14)5-4-6-12(10)15/h4-6,9H,3,7H2,1-2H3. The predicted octanol–water partition coefficient (Wildman–Crippen LogP) is 2.79. The van der Waals surface area contributed by atoms with Crippen LogP contribution in [0.5, 0.6) is 0 Å². The number of esters is 1. The summed E-state index contributed by atoms with van der Waals surface area (Å²) in [5.74, 6) is -2.56. The number of hydrogen-bond acceptors (Lipinski definition) is 3. The topological polar surface area (TPSA) is 43.4 Å². The van der Waals surface area contributed by atoms with Gasteiger partial charge in [0.15, 0.2) is 0 Å². The number of rotatable bonds is 5. The number of benzene rings is 1. The zero-order valence-electron chi connectivity index (χ0n) is 10.2. The Morgan fingerprint density at radius 3 is 2.61 bits per heavy atom. The Bertz CT molecular complexity index is 439. The van der Waals surface area contributed by atoms with Gasteiger partial charge < -0.3 is 4.74 Å². The molecule has 0 aliphatic carbocycles. The van der Waals surface area contributed by atoms with Crippen LogP contribution in [0.25, 0.3) is 0 Å². The van der Waals surface area contributed by atoms with E-state index in [1.54, 1.807) is 6.92 Å². The summed E-state index contributed by atoms with van der Waals surface area (Å²) in [6.07, 6.45) is -0.0837. The Morgan fingerprint density at radius 1 is 1.44 bits per heavy atom. The van der Waals surface area contributed by atoms with E-state index in [1.807, 2.05) is 0 Å². The minimum atomic E-state index is -1.01. The Labute approximate surface area is 110 Å². The lowest BCUT2D eigenvalue weighted by molar-refractivity contribution is -0.151. The number of hydrogen-bond donors (Lipinski definition) is 0. The predicted molar refractivity (Wildman–Crippen MR) is 65.9 cm³/mol. The van der Waals surface area contributed by atoms with Crippen molar-refractivity contribution in [1.29, 1.82) is 0 Å². The molecule has 1 aromatic rings. The quantitative estimate of drug-likeness (QED) is 0.611. The van der Waals surface area contributed by atoms with E-state index < -0.39 is 17.7 Å². The molecule has 0 bridgehead atoms. The van der Waals surface area contributed by atoms with E-state index in [-0.39, 0.29) is 29.4 Å². The van der Waals surface area contributed by atoms with Gasteiger partial charge in [-0.05, 0) is 32.4 Å². The van der Waals surface area contributed by atoms with Crippen LogP contribution in [0, 0.1) is 11.7 Å². The molecule has 5 heteroatoms. The molecule has 0 aliphatic heterocycles. The Balaban J connectivity index is 2.97. The number of ether oxygens (including phenoxy) is 1. The smallest absolute Gasteiger partial charge is 0.316 e. The van der Waals surface area contributed by atoms with Gasteiger partial charge in [0.25, 0.3) is 0 Å². The van der Waals surface area contributed by atoms with Gasteiger partial charge in [-0.2, -0.15) is 0 Å². The fraction of sp³-hybridized carbons (Fsp3) is 0.385. The van der Waals surface area contributed by atoms with Gasteiger partial charge in [-0.3, -0.25) is 9.59 Å². The van der Waals surface area contributed by atoms with E-state index in [0.29, 0.717) is 0 Å². The summed E-state index contributed by atoms with van der Waals surface area (Å²) in [6, 6.07) is 4.22. The lowest BCUT2D eigenvalue weighted by Gasteiger charge is -2.13. The Morgan fingerprint density at radius 2 is 2.11 bits per heavy atom. The highest BCUT2D eigenvalue weighted by molar-refractivity contribution is 6.31. The highest BCUT2D eigenvalue weighted by Crippen LogP contribution is 2.23. The van der Waals surface area contributed by atoms with Crippen LogP contribution in [0.2, 0.25) is 5.02 Å². The third-order valence-electron chi connectivity index (χ3n) is 2.53. The van der Waals surface area contributed by atoms with Gasteiger partial charge in [0.2, 0.25) is 0 Å². The van der Waals surface area contributed by atoms with Crippen molar-refractivity contribution in [2.45, 2.75) is 20.3 Å². The van der Waals surface area contributed by atoms with Crippen LogP contribution >= 0.6 is 11.6 Å². The number of carbonyl (C=O) groups is 2. The molecule has 18 heavy (non-hydrogen) atoms. The molecule has 1 aromatic carbocycles. The Hall–Kier alpha value is -1.42. The summed E-state index contributed by atoms with van der Waals surface area (Å²) < 4.78 is 18.4. The molecule has 0 amide bonds. The van der Waals surface area contributed by atoms with Gasteiger partial charge in [-0.15, -0.1) is 0 Å². The lowest BCUT2D eigenvalue weighted by Crippen LogP contribution is -2.27. The molecular formula is C13H14ClFO3. The molecule has 1 rings (SSSR count). The van der Waals surface area contributed by atoms with Crippen molar-refractivity contribution in [3.05, 3.63) is 34.6 Å². The second-order valence-electron chi connectivity index (χ2n) is 3.82. The maximum absolute atomic E-state index is 13.6. The van der Waals surface area contributed by atoms with E-state index in [4.69, 9.17) is 16.3 Å². The van der Waals surface area contributed by atoms with Gasteiger partial charge in [0.05, 0.1) is 6.61 Å². The zero-order chi connectivity index (χ0) is 13.7. The summed E-state index contributed by atoms with van der Waals surface area (Å²) in [6.45, 7) is 3.09. The summed E-state index contributed by atoms with van der Waals surface area (Å²) >= 11 is 5.86. The minimum absolute atomic E-state index is 0.0837. The first-order valence-corrected chi connectivity index (χ1v) is 5.95. The third kappa shape index (κ3) is 3.53. The SMILES string of the molecule is CCOC(=O)C(Cc1c(F)cccc1Cl)C(C)=O. The van der Waals surface area contributed by atoms with Gasteiger partial charge in [0, 0.05) is 10.6 Å². The van der Waals surface area contributed by atoms with E-state index in [2.05, 4.69) is 0 Å². The molecular weight excluding hydrogens is 259 g/mol. The van der Waals surface area contributed by atoms with Crippen molar-refractivity contribution < 1.29 is 18.7 Å². The monoisotopic (exact) mass is 272 g/mol. The van der Waals surface area contributed by atoms with Crippen LogP contribution < -0.4 is 0 Å². The molecule has 0 aromatic heterocycles. The lowest BCUT2D eigenvalue weighted by atomic mass is 9.95. The van der Waals surface area contributed by atoms with Crippen LogP contribution in [0.3, 0.4) is 0 Å². The normalized spacial score (nSPS) is 12.0. The molecule has 1 atom stereocenters. The van der Waals surface area contributed by atoms with Crippen LogP contribution in [0.1, 0.15) is 19.4 Å². The average Bonchev–Trinajstić information content (AvgIpc) is 2.28. The molecule has 0 radical (unpaired) electrons. The van der Waals surface area contributed by atoms with Gasteiger partial charge in [0.1, 0.15) is 17.5 Å². The van der Waals surface area contributed by atoms with Crippen LogP contribution in [-0.2, 0) is 20.7 Å². The summed E-state index contributed by atoms with van der Waals surface area (Å²) in [4.78, 5) is 23.0. The van der Waals surface area contributed by atoms with E-state index in [1.165, 1.54) is 25.1 Å². The molecule has 0 aliphatic rings. The number of halogens is 2. The van der Waals surface area contributed by atoms with Crippen LogP contribution in [0.15, 0.2) is 18.2 Å². The first kappa shape index (κ1) is 14.6. The highest BCUT2D eigenvalue weighted by Gasteiger charge is 2.27. The van der Waals surface area contributed by atoms with Crippen LogP contribution in [-0.4, -0.2) is 18.4 Å². The Kier molecular flexibility index (Phi) is 5.28. The largest absolute Gasteiger partial charge is 0.465 e. The molecule has 1 unspecified atom stereocenters. The van der Waals surface area contributed by atoms with Crippen molar-refractivity contribution >= 4 is 23.4 Å². The van der Waals surface area contributed by atoms with Crippen molar-refractivity contribution in [2.75, 3.05) is 6.61 Å². The number of ketones is 1. The van der Waals surface area contributed by atoms with E-state index >= 15 is 0 Å². The first-order chi connectivity index (χ1) is 8.47. The minimum Gasteiger partial charge on any atom is -0.465 e. The molecule has 3 nitrogen and oxygen atoms in total. The van der Waals surface area contributed by atoms with Crippen LogP contribution in [0.4, 0.5) is 4.39 Å². The highest BCUT2D eigenvalue weighted by atomic mass is 35.5. The van der Waals surface area contributed by atoms with Crippen molar-refractivity contribution in [3.63, 3.8) is 0 Å².